The lowest BCUT2D eigenvalue weighted by Gasteiger charge is -2.33. The molecule has 4 heterocycles. The largest absolute Gasteiger partial charge is 0.490 e. The summed E-state index contributed by atoms with van der Waals surface area (Å²) in [5.74, 6) is -2.97. The Morgan fingerprint density at radius 1 is 1.16 bits per heavy atom. The molecule has 0 spiro atoms. The molecule has 1 fully saturated rings. The third-order valence-corrected chi connectivity index (χ3v) is 9.05. The van der Waals surface area contributed by atoms with Crippen LogP contribution in [0.4, 0.5) is 13.2 Å². The first-order chi connectivity index (χ1) is 17.3. The SMILES string of the molecule is O=C(O)C(F)(F)F.O=C1CN(S(=O)(=O)c2cc3ccc(Cl)cc3s2)CCN1Cc1cc2cnccc2[nH]1. The van der Waals surface area contributed by atoms with E-state index >= 15 is 0 Å². The highest BCUT2D eigenvalue weighted by Gasteiger charge is 2.38. The number of carbonyl (C=O) groups excluding carboxylic acids is 1. The normalized spacial score (nSPS) is 15.1. The van der Waals surface area contributed by atoms with Crippen molar-refractivity contribution in [3.05, 3.63) is 59.5 Å². The fraction of sp³-hybridized carbons (Fsp3) is 0.227. The zero-order valence-electron chi connectivity index (χ0n) is 18.7. The van der Waals surface area contributed by atoms with E-state index in [1.807, 2.05) is 12.1 Å². The number of piperazine rings is 1. The highest BCUT2D eigenvalue weighted by Crippen LogP contribution is 2.33. The Bertz CT molecular complexity index is 1550. The van der Waals surface area contributed by atoms with E-state index in [9.17, 15) is 26.4 Å². The van der Waals surface area contributed by atoms with Gasteiger partial charge in [0, 0.05) is 51.8 Å². The molecule has 1 saturated heterocycles. The second-order valence-electron chi connectivity index (χ2n) is 7.96. The lowest BCUT2D eigenvalue weighted by atomic mass is 10.3. The van der Waals surface area contributed by atoms with Gasteiger partial charge >= 0.3 is 12.1 Å². The number of thiophene rings is 1. The summed E-state index contributed by atoms with van der Waals surface area (Å²) < 4.78 is 60.2. The number of hydrogen-bond acceptors (Lipinski definition) is 6. The van der Waals surface area contributed by atoms with Gasteiger partial charge in [0.2, 0.25) is 5.91 Å². The van der Waals surface area contributed by atoms with E-state index in [0.29, 0.717) is 18.1 Å². The smallest absolute Gasteiger partial charge is 0.475 e. The number of H-pyrrole nitrogens is 1. The van der Waals surface area contributed by atoms with Gasteiger partial charge in [-0.1, -0.05) is 17.7 Å². The molecule has 2 N–H and O–H groups in total. The Morgan fingerprint density at radius 2 is 1.89 bits per heavy atom. The molecule has 9 nitrogen and oxygen atoms in total. The molecule has 5 rings (SSSR count). The van der Waals surface area contributed by atoms with E-state index in [0.717, 1.165) is 26.7 Å². The minimum atomic E-state index is -5.08. The molecule has 196 valence electrons. The standard InChI is InChI=1S/C20H17ClN4O3S2.C2HF3O2/c21-15-2-1-13-8-20(29-18(13)9-15)30(27,28)25-6-5-24(19(26)12-25)11-16-7-14-10-22-4-3-17(14)23-16;3-2(4,5)1(6)7/h1-4,7-10,23H,5-6,11-12H2;(H,6,7). The summed E-state index contributed by atoms with van der Waals surface area (Å²) in [6.07, 6.45) is -1.61. The summed E-state index contributed by atoms with van der Waals surface area (Å²) in [4.78, 5) is 30.6. The van der Waals surface area contributed by atoms with E-state index in [4.69, 9.17) is 21.5 Å². The van der Waals surface area contributed by atoms with Crippen LogP contribution in [-0.4, -0.2) is 70.4 Å². The van der Waals surface area contributed by atoms with Gasteiger partial charge in [-0.25, -0.2) is 13.2 Å². The molecule has 0 atom stereocenters. The molecule has 0 radical (unpaired) electrons. The molecule has 3 aromatic heterocycles. The molecule has 0 bridgehead atoms. The van der Waals surface area contributed by atoms with E-state index < -0.39 is 22.2 Å². The van der Waals surface area contributed by atoms with Crippen molar-refractivity contribution in [2.45, 2.75) is 16.9 Å². The minimum absolute atomic E-state index is 0.168. The Balaban J connectivity index is 0.000000405. The first kappa shape index (κ1) is 26.9. The van der Waals surface area contributed by atoms with E-state index in [-0.39, 0.29) is 23.2 Å². The number of nitrogens with one attached hydrogen (secondary N) is 1. The average Bonchev–Trinajstić information content (AvgIpc) is 3.43. The third kappa shape index (κ3) is 6.04. The van der Waals surface area contributed by atoms with Crippen molar-refractivity contribution in [3.63, 3.8) is 0 Å². The lowest BCUT2D eigenvalue weighted by Crippen LogP contribution is -2.51. The number of amides is 1. The monoisotopic (exact) mass is 574 g/mol. The number of carboxylic acid groups (broad SMARTS) is 1. The molecular weight excluding hydrogens is 557 g/mol. The molecule has 0 unspecified atom stereocenters. The molecule has 4 aromatic rings. The van der Waals surface area contributed by atoms with Gasteiger partial charge < -0.3 is 15.0 Å². The van der Waals surface area contributed by atoms with Gasteiger partial charge in [-0.2, -0.15) is 17.5 Å². The molecular formula is C22H18ClF3N4O5S2. The highest BCUT2D eigenvalue weighted by molar-refractivity contribution is 7.91. The van der Waals surface area contributed by atoms with Crippen molar-refractivity contribution >= 4 is 65.8 Å². The van der Waals surface area contributed by atoms with Crippen LogP contribution in [0.15, 0.2) is 53.0 Å². The van der Waals surface area contributed by atoms with Crippen LogP contribution in [0.5, 0.6) is 0 Å². The van der Waals surface area contributed by atoms with Crippen LogP contribution in [0.1, 0.15) is 5.69 Å². The van der Waals surface area contributed by atoms with Crippen molar-refractivity contribution in [1.82, 2.24) is 19.2 Å². The van der Waals surface area contributed by atoms with Crippen molar-refractivity contribution < 1.29 is 36.3 Å². The number of sulfonamides is 1. The van der Waals surface area contributed by atoms with Crippen molar-refractivity contribution in [2.75, 3.05) is 19.6 Å². The van der Waals surface area contributed by atoms with Gasteiger partial charge in [0.05, 0.1) is 13.1 Å². The number of nitrogens with zero attached hydrogens (tertiary/aromatic N) is 3. The fourth-order valence-electron chi connectivity index (χ4n) is 3.62. The molecule has 0 aliphatic carbocycles. The number of aromatic nitrogens is 2. The van der Waals surface area contributed by atoms with Crippen molar-refractivity contribution in [1.29, 1.82) is 0 Å². The number of rotatable bonds is 4. The molecule has 1 aliphatic rings. The Kier molecular flexibility index (Phi) is 7.46. The molecule has 0 saturated carbocycles. The van der Waals surface area contributed by atoms with Crippen LogP contribution in [0, 0.1) is 0 Å². The lowest BCUT2D eigenvalue weighted by molar-refractivity contribution is -0.192. The third-order valence-electron chi connectivity index (χ3n) is 5.42. The summed E-state index contributed by atoms with van der Waals surface area (Å²) in [6.45, 7) is 0.829. The van der Waals surface area contributed by atoms with E-state index in [1.54, 1.807) is 41.6 Å². The number of aliphatic carboxylic acids is 1. The van der Waals surface area contributed by atoms with Crippen LogP contribution in [0.2, 0.25) is 5.02 Å². The summed E-state index contributed by atoms with van der Waals surface area (Å²) in [6, 6.07) is 10.8. The fourth-order valence-corrected chi connectivity index (χ4v) is 6.83. The van der Waals surface area contributed by atoms with Gasteiger partial charge in [-0.3, -0.25) is 9.78 Å². The van der Waals surface area contributed by atoms with Crippen LogP contribution in [-0.2, 0) is 26.2 Å². The number of halogens is 4. The number of pyridine rings is 1. The van der Waals surface area contributed by atoms with Crippen molar-refractivity contribution in [2.24, 2.45) is 0 Å². The number of aromatic amines is 1. The predicted molar refractivity (Wildman–Crippen MR) is 131 cm³/mol. The predicted octanol–water partition coefficient (Wildman–Crippen LogP) is 4.10. The first-order valence-electron chi connectivity index (χ1n) is 10.5. The quantitative estimate of drug-likeness (QED) is 0.378. The van der Waals surface area contributed by atoms with E-state index in [2.05, 4.69) is 9.97 Å². The van der Waals surface area contributed by atoms with Crippen LogP contribution in [0.25, 0.3) is 21.0 Å². The average molecular weight is 575 g/mol. The summed E-state index contributed by atoms with van der Waals surface area (Å²) in [7, 11) is -3.74. The molecule has 37 heavy (non-hydrogen) atoms. The summed E-state index contributed by atoms with van der Waals surface area (Å²) in [5, 5.41) is 9.48. The molecule has 1 aromatic carbocycles. The zero-order chi connectivity index (χ0) is 27.0. The van der Waals surface area contributed by atoms with Gasteiger partial charge in [-0.15, -0.1) is 11.3 Å². The van der Waals surface area contributed by atoms with E-state index in [1.165, 1.54) is 15.6 Å². The Labute approximate surface area is 217 Å². The van der Waals surface area contributed by atoms with Gasteiger partial charge in [0.15, 0.2) is 0 Å². The Morgan fingerprint density at radius 3 is 2.54 bits per heavy atom. The molecule has 1 aliphatic heterocycles. The number of hydrogen-bond donors (Lipinski definition) is 2. The number of carboxylic acids is 1. The maximum atomic E-state index is 13.1. The summed E-state index contributed by atoms with van der Waals surface area (Å²) >= 11 is 7.18. The highest BCUT2D eigenvalue weighted by atomic mass is 35.5. The topological polar surface area (TPSA) is 124 Å². The number of benzene rings is 1. The molecule has 15 heteroatoms. The minimum Gasteiger partial charge on any atom is -0.475 e. The number of alkyl halides is 3. The first-order valence-corrected chi connectivity index (χ1v) is 13.2. The van der Waals surface area contributed by atoms with Crippen LogP contribution >= 0.6 is 22.9 Å². The summed E-state index contributed by atoms with van der Waals surface area (Å²) in [5.41, 5.74) is 1.85. The number of fused-ring (bicyclic) bond motifs is 2. The second kappa shape index (κ2) is 10.3. The second-order valence-corrected chi connectivity index (χ2v) is 11.6. The van der Waals surface area contributed by atoms with Crippen molar-refractivity contribution in [3.8, 4) is 0 Å². The van der Waals surface area contributed by atoms with Crippen LogP contribution < -0.4 is 0 Å². The molecule has 1 amide bonds. The number of carbonyl (C=O) groups is 2. The van der Waals surface area contributed by atoms with Gasteiger partial charge in [-0.05, 0) is 35.7 Å². The van der Waals surface area contributed by atoms with Gasteiger partial charge in [0.1, 0.15) is 4.21 Å². The Hall–Kier alpha value is -3.20. The maximum absolute atomic E-state index is 13.1. The maximum Gasteiger partial charge on any atom is 0.490 e. The van der Waals surface area contributed by atoms with Gasteiger partial charge in [0.25, 0.3) is 10.0 Å². The van der Waals surface area contributed by atoms with Crippen LogP contribution in [0.3, 0.4) is 0 Å². The zero-order valence-corrected chi connectivity index (χ0v) is 21.1.